The SMILES string of the molecule is c1ccc(-c2nc(-c3cccc(-c4ccc5ccccc5c4)c3)nc(-c3cccc4oc5ccccc5c34)n2)cc1. The van der Waals surface area contributed by atoms with E-state index in [0.29, 0.717) is 17.5 Å². The first-order chi connectivity index (χ1) is 20.3. The molecule has 0 saturated carbocycles. The van der Waals surface area contributed by atoms with E-state index in [1.807, 2.05) is 60.7 Å². The van der Waals surface area contributed by atoms with Crippen molar-refractivity contribution in [2.45, 2.75) is 0 Å². The summed E-state index contributed by atoms with van der Waals surface area (Å²) in [5, 5.41) is 4.48. The van der Waals surface area contributed by atoms with Gasteiger partial charge in [-0.05, 0) is 46.2 Å². The number of benzene rings is 6. The minimum absolute atomic E-state index is 0.613. The number of aromatic nitrogens is 3. The standard InChI is InChI=1S/C37H23N3O/c1-2-11-25(12-3-1)35-38-36(29-15-8-14-27(23-29)28-21-20-24-10-4-5-13-26(24)22-28)40-37(39-35)31-17-9-19-33-34(31)30-16-6-7-18-32(30)41-33/h1-23H. The second-order valence-electron chi connectivity index (χ2n) is 10.1. The van der Waals surface area contributed by atoms with Gasteiger partial charge >= 0.3 is 0 Å². The summed E-state index contributed by atoms with van der Waals surface area (Å²) >= 11 is 0. The Kier molecular flexibility index (Phi) is 5.42. The molecule has 2 heterocycles. The molecule has 41 heavy (non-hydrogen) atoms. The third-order valence-corrected chi connectivity index (χ3v) is 7.51. The van der Waals surface area contributed by atoms with Gasteiger partial charge in [0.2, 0.25) is 0 Å². The summed E-state index contributed by atoms with van der Waals surface area (Å²) in [5.41, 5.74) is 6.70. The van der Waals surface area contributed by atoms with Gasteiger partial charge in [-0.3, -0.25) is 0 Å². The molecular formula is C37H23N3O. The Balaban J connectivity index is 1.33. The number of nitrogens with zero attached hydrogens (tertiary/aromatic N) is 3. The Bertz CT molecular complexity index is 2220. The van der Waals surface area contributed by atoms with Crippen molar-refractivity contribution in [2.24, 2.45) is 0 Å². The highest BCUT2D eigenvalue weighted by atomic mass is 16.3. The molecule has 8 rings (SSSR count). The second-order valence-corrected chi connectivity index (χ2v) is 10.1. The minimum Gasteiger partial charge on any atom is -0.456 e. The van der Waals surface area contributed by atoms with Crippen LogP contribution in [-0.4, -0.2) is 15.0 Å². The lowest BCUT2D eigenvalue weighted by Gasteiger charge is -2.10. The Labute approximate surface area is 236 Å². The van der Waals surface area contributed by atoms with E-state index in [0.717, 1.165) is 49.8 Å². The third kappa shape index (κ3) is 4.14. The van der Waals surface area contributed by atoms with Crippen LogP contribution in [0.5, 0.6) is 0 Å². The summed E-state index contributed by atoms with van der Waals surface area (Å²) in [6, 6.07) is 47.6. The monoisotopic (exact) mass is 525 g/mol. The maximum absolute atomic E-state index is 6.17. The molecule has 0 saturated heterocycles. The largest absolute Gasteiger partial charge is 0.456 e. The van der Waals surface area contributed by atoms with Gasteiger partial charge in [0, 0.05) is 27.5 Å². The lowest BCUT2D eigenvalue weighted by molar-refractivity contribution is 0.669. The molecule has 0 aliphatic rings. The van der Waals surface area contributed by atoms with E-state index >= 15 is 0 Å². The molecule has 0 unspecified atom stereocenters. The van der Waals surface area contributed by atoms with Crippen molar-refractivity contribution < 1.29 is 4.42 Å². The quantitative estimate of drug-likeness (QED) is 0.230. The number of hydrogen-bond acceptors (Lipinski definition) is 4. The zero-order chi connectivity index (χ0) is 27.2. The van der Waals surface area contributed by atoms with Crippen LogP contribution >= 0.6 is 0 Å². The molecule has 0 bridgehead atoms. The molecule has 4 nitrogen and oxygen atoms in total. The third-order valence-electron chi connectivity index (χ3n) is 7.51. The summed E-state index contributed by atoms with van der Waals surface area (Å²) in [4.78, 5) is 15.0. The molecule has 0 aliphatic heterocycles. The molecule has 6 aromatic carbocycles. The summed E-state index contributed by atoms with van der Waals surface area (Å²) in [5.74, 6) is 1.87. The fourth-order valence-electron chi connectivity index (χ4n) is 5.51. The van der Waals surface area contributed by atoms with Crippen LogP contribution in [0.4, 0.5) is 0 Å². The van der Waals surface area contributed by atoms with Gasteiger partial charge in [-0.2, -0.15) is 0 Å². The van der Waals surface area contributed by atoms with Gasteiger partial charge in [0.25, 0.3) is 0 Å². The summed E-state index contributed by atoms with van der Waals surface area (Å²) < 4.78 is 6.17. The number of para-hydroxylation sites is 1. The molecule has 0 radical (unpaired) electrons. The first-order valence-corrected chi connectivity index (χ1v) is 13.6. The molecule has 0 N–H and O–H groups in total. The predicted molar refractivity (Wildman–Crippen MR) is 166 cm³/mol. The van der Waals surface area contributed by atoms with E-state index in [9.17, 15) is 0 Å². The Morgan fingerprint density at radius 2 is 1.02 bits per heavy atom. The van der Waals surface area contributed by atoms with Crippen molar-refractivity contribution in [3.63, 3.8) is 0 Å². The van der Waals surface area contributed by atoms with Crippen molar-refractivity contribution in [2.75, 3.05) is 0 Å². The van der Waals surface area contributed by atoms with E-state index in [1.165, 1.54) is 10.8 Å². The molecule has 192 valence electrons. The Morgan fingerprint density at radius 3 is 1.93 bits per heavy atom. The zero-order valence-corrected chi connectivity index (χ0v) is 22.0. The summed E-state index contributed by atoms with van der Waals surface area (Å²) in [6.07, 6.45) is 0. The van der Waals surface area contributed by atoms with Crippen LogP contribution < -0.4 is 0 Å². The van der Waals surface area contributed by atoms with Crippen LogP contribution in [0.2, 0.25) is 0 Å². The summed E-state index contributed by atoms with van der Waals surface area (Å²) in [7, 11) is 0. The van der Waals surface area contributed by atoms with Crippen molar-refractivity contribution in [1.82, 2.24) is 15.0 Å². The normalized spacial score (nSPS) is 11.4. The van der Waals surface area contributed by atoms with Crippen molar-refractivity contribution >= 4 is 32.7 Å². The number of hydrogen-bond donors (Lipinski definition) is 0. The molecule has 0 spiro atoms. The highest BCUT2D eigenvalue weighted by Crippen LogP contribution is 2.36. The van der Waals surface area contributed by atoms with Gasteiger partial charge in [-0.25, -0.2) is 15.0 Å². The smallest absolute Gasteiger partial charge is 0.164 e. The van der Waals surface area contributed by atoms with Crippen molar-refractivity contribution in [3.8, 4) is 45.3 Å². The first kappa shape index (κ1) is 23.3. The van der Waals surface area contributed by atoms with E-state index in [-0.39, 0.29) is 0 Å². The van der Waals surface area contributed by atoms with E-state index in [4.69, 9.17) is 19.4 Å². The van der Waals surface area contributed by atoms with Gasteiger partial charge in [-0.15, -0.1) is 0 Å². The fraction of sp³-hybridized carbons (Fsp3) is 0. The van der Waals surface area contributed by atoms with Crippen molar-refractivity contribution in [3.05, 3.63) is 140 Å². The molecule has 2 aromatic heterocycles. The average molecular weight is 526 g/mol. The van der Waals surface area contributed by atoms with Crippen LogP contribution in [0.3, 0.4) is 0 Å². The highest BCUT2D eigenvalue weighted by Gasteiger charge is 2.17. The van der Waals surface area contributed by atoms with Gasteiger partial charge in [0.15, 0.2) is 17.5 Å². The topological polar surface area (TPSA) is 51.8 Å². The average Bonchev–Trinajstić information content (AvgIpc) is 3.44. The molecular weight excluding hydrogens is 502 g/mol. The highest BCUT2D eigenvalue weighted by molar-refractivity contribution is 6.11. The predicted octanol–water partition coefficient (Wildman–Crippen LogP) is 9.59. The maximum Gasteiger partial charge on any atom is 0.164 e. The Morgan fingerprint density at radius 1 is 0.390 bits per heavy atom. The van der Waals surface area contributed by atoms with Gasteiger partial charge < -0.3 is 4.42 Å². The van der Waals surface area contributed by atoms with Crippen LogP contribution in [0, 0.1) is 0 Å². The van der Waals surface area contributed by atoms with Crippen molar-refractivity contribution in [1.29, 1.82) is 0 Å². The van der Waals surface area contributed by atoms with Gasteiger partial charge in [-0.1, -0.05) is 115 Å². The lowest BCUT2D eigenvalue weighted by Crippen LogP contribution is -2.00. The van der Waals surface area contributed by atoms with Crippen LogP contribution in [0.15, 0.2) is 144 Å². The molecule has 8 aromatic rings. The van der Waals surface area contributed by atoms with Gasteiger partial charge in [0.05, 0.1) is 0 Å². The maximum atomic E-state index is 6.17. The molecule has 4 heteroatoms. The molecule has 0 amide bonds. The van der Waals surface area contributed by atoms with E-state index < -0.39 is 0 Å². The van der Waals surface area contributed by atoms with E-state index in [2.05, 4.69) is 78.9 Å². The summed E-state index contributed by atoms with van der Waals surface area (Å²) in [6.45, 7) is 0. The second kappa shape index (κ2) is 9.54. The van der Waals surface area contributed by atoms with Crippen LogP contribution in [0.25, 0.3) is 78.0 Å². The lowest BCUT2D eigenvalue weighted by atomic mass is 9.99. The zero-order valence-electron chi connectivity index (χ0n) is 22.0. The Hall–Kier alpha value is -5.61. The fourth-order valence-corrected chi connectivity index (χ4v) is 5.51. The number of rotatable bonds is 4. The minimum atomic E-state index is 0.613. The molecule has 0 aliphatic carbocycles. The van der Waals surface area contributed by atoms with Crippen LogP contribution in [0.1, 0.15) is 0 Å². The number of furan rings is 1. The number of fused-ring (bicyclic) bond motifs is 4. The first-order valence-electron chi connectivity index (χ1n) is 13.6. The van der Waals surface area contributed by atoms with Crippen LogP contribution in [-0.2, 0) is 0 Å². The molecule has 0 atom stereocenters. The van der Waals surface area contributed by atoms with E-state index in [1.54, 1.807) is 0 Å². The molecule has 0 fully saturated rings. The van der Waals surface area contributed by atoms with Gasteiger partial charge in [0.1, 0.15) is 11.2 Å².